The molecule has 1 fully saturated rings. The van der Waals surface area contributed by atoms with E-state index in [4.69, 9.17) is 9.47 Å². The van der Waals surface area contributed by atoms with Crippen LogP contribution < -0.4 is 10.4 Å². The summed E-state index contributed by atoms with van der Waals surface area (Å²) in [7, 11) is 0. The molecule has 0 aliphatic carbocycles. The molecule has 1 atom stereocenters. The Kier molecular flexibility index (Phi) is 5.03. The molecule has 0 amide bonds. The average Bonchev–Trinajstić information content (AvgIpc) is 3.08. The van der Waals surface area contributed by atoms with Crippen LogP contribution in [0.4, 0.5) is 13.2 Å². The van der Waals surface area contributed by atoms with E-state index in [-0.39, 0.29) is 17.8 Å². The molecule has 10 heteroatoms. The van der Waals surface area contributed by atoms with Crippen molar-refractivity contribution >= 4 is 5.65 Å². The second-order valence-corrected chi connectivity index (χ2v) is 6.41. The third-order valence-corrected chi connectivity index (χ3v) is 4.47. The molecule has 4 rings (SSSR count). The summed E-state index contributed by atoms with van der Waals surface area (Å²) in [6.07, 6.45) is -0.478. The fourth-order valence-electron chi connectivity index (χ4n) is 3.22. The number of ether oxygens (including phenoxy) is 2. The van der Waals surface area contributed by atoms with Gasteiger partial charge in [0, 0.05) is 6.61 Å². The third-order valence-electron chi connectivity index (χ3n) is 4.47. The van der Waals surface area contributed by atoms with Crippen molar-refractivity contribution in [3.05, 3.63) is 46.3 Å². The van der Waals surface area contributed by atoms with Gasteiger partial charge in [-0.25, -0.2) is 18.0 Å². The molecular formula is C18H17F3N4O3. The van der Waals surface area contributed by atoms with Crippen LogP contribution in [0.15, 0.2) is 29.1 Å². The lowest BCUT2D eigenvalue weighted by atomic mass is 9.99. The Bertz CT molecular complexity index is 1030. The summed E-state index contributed by atoms with van der Waals surface area (Å²) in [4.78, 5) is 18.9. The third kappa shape index (κ3) is 3.59. The molecule has 1 aliphatic rings. The van der Waals surface area contributed by atoms with Crippen molar-refractivity contribution in [3.63, 3.8) is 0 Å². The van der Waals surface area contributed by atoms with E-state index in [1.165, 1.54) is 12.1 Å². The van der Waals surface area contributed by atoms with Gasteiger partial charge in [-0.05, 0) is 37.0 Å². The number of aromatic nitrogens is 4. The van der Waals surface area contributed by atoms with Gasteiger partial charge in [0.2, 0.25) is 0 Å². The zero-order chi connectivity index (χ0) is 19.7. The first-order valence-electron chi connectivity index (χ1n) is 8.84. The van der Waals surface area contributed by atoms with E-state index in [9.17, 15) is 18.0 Å². The normalized spacial score (nSPS) is 17.4. The summed E-state index contributed by atoms with van der Waals surface area (Å²) < 4.78 is 50.0. The number of hydrogen-bond donors (Lipinski definition) is 1. The highest BCUT2D eigenvalue weighted by Gasteiger charge is 2.27. The highest BCUT2D eigenvalue weighted by Crippen LogP contribution is 2.36. The Labute approximate surface area is 157 Å². The molecule has 3 aromatic rings. The minimum atomic E-state index is -2.71. The van der Waals surface area contributed by atoms with Gasteiger partial charge >= 0.3 is 5.69 Å². The maximum atomic E-state index is 13.4. The molecule has 1 saturated heterocycles. The molecule has 2 aromatic heterocycles. The van der Waals surface area contributed by atoms with Gasteiger partial charge in [-0.15, -0.1) is 0 Å². The molecule has 3 heterocycles. The predicted octanol–water partition coefficient (Wildman–Crippen LogP) is 3.11. The van der Waals surface area contributed by atoms with Gasteiger partial charge in [-0.1, -0.05) is 12.1 Å². The molecular weight excluding hydrogens is 377 g/mol. The molecule has 148 valence electrons. The van der Waals surface area contributed by atoms with Crippen LogP contribution >= 0.6 is 0 Å². The summed E-state index contributed by atoms with van der Waals surface area (Å²) in [5.41, 5.74) is 1.01. The minimum Gasteiger partial charge on any atom is -0.459 e. The smallest absolute Gasteiger partial charge is 0.352 e. The first-order chi connectivity index (χ1) is 13.5. The van der Waals surface area contributed by atoms with Crippen molar-refractivity contribution in [2.45, 2.75) is 31.8 Å². The monoisotopic (exact) mass is 394 g/mol. The second-order valence-electron chi connectivity index (χ2n) is 6.41. The number of rotatable bonds is 5. The summed E-state index contributed by atoms with van der Waals surface area (Å²) in [5.74, 6) is -0.414. The number of fused-ring (bicyclic) bond motifs is 1. The quantitative estimate of drug-likeness (QED) is 0.719. The molecule has 0 radical (unpaired) electrons. The number of nitrogens with zero attached hydrogens (tertiary/aromatic N) is 3. The number of hydrogen-bond acceptors (Lipinski definition) is 5. The van der Waals surface area contributed by atoms with Gasteiger partial charge in [-0.3, -0.25) is 4.98 Å². The zero-order valence-electron chi connectivity index (χ0n) is 14.7. The van der Waals surface area contributed by atoms with Crippen LogP contribution in [0.1, 0.15) is 31.1 Å². The molecule has 28 heavy (non-hydrogen) atoms. The van der Waals surface area contributed by atoms with Crippen molar-refractivity contribution in [2.24, 2.45) is 0 Å². The minimum absolute atomic E-state index is 0.129. The maximum absolute atomic E-state index is 13.4. The average molecular weight is 394 g/mol. The van der Waals surface area contributed by atoms with Crippen LogP contribution in [0.5, 0.6) is 6.01 Å². The molecule has 1 aromatic carbocycles. The molecule has 0 saturated carbocycles. The van der Waals surface area contributed by atoms with Gasteiger partial charge in [0.15, 0.2) is 12.3 Å². The topological polar surface area (TPSA) is 81.5 Å². The van der Waals surface area contributed by atoms with Crippen LogP contribution in [-0.2, 0) is 4.74 Å². The van der Waals surface area contributed by atoms with Crippen molar-refractivity contribution in [2.75, 3.05) is 13.2 Å². The summed E-state index contributed by atoms with van der Waals surface area (Å²) >= 11 is 0. The van der Waals surface area contributed by atoms with Crippen molar-refractivity contribution < 1.29 is 22.6 Å². The highest BCUT2D eigenvalue weighted by molar-refractivity contribution is 5.80. The lowest BCUT2D eigenvalue weighted by molar-refractivity contribution is 0.0125. The predicted molar refractivity (Wildman–Crippen MR) is 93.0 cm³/mol. The van der Waals surface area contributed by atoms with Crippen molar-refractivity contribution in [1.29, 1.82) is 0 Å². The van der Waals surface area contributed by atoms with Crippen LogP contribution in [0, 0.1) is 5.82 Å². The van der Waals surface area contributed by atoms with Gasteiger partial charge in [-0.2, -0.15) is 14.6 Å². The van der Waals surface area contributed by atoms with Gasteiger partial charge in [0.1, 0.15) is 17.6 Å². The van der Waals surface area contributed by atoms with Gasteiger partial charge in [0.25, 0.3) is 12.4 Å². The lowest BCUT2D eigenvalue weighted by Crippen LogP contribution is -2.21. The van der Waals surface area contributed by atoms with Crippen molar-refractivity contribution in [1.82, 2.24) is 19.6 Å². The SMILES string of the molecule is O=c1[nH]c(OCC(F)F)nc2c(-c3ccc(F)cc3)c(C3CCCCO3)nn12. The number of nitrogens with one attached hydrogen (secondary N) is 1. The standard InChI is InChI=1S/C18H17F3N4O3/c19-11-6-4-10(5-7-11)14-15(12-3-1-2-8-27-12)24-25-16(14)22-17(23-18(25)26)28-9-13(20)21/h4-7,12-13H,1-3,8-9H2,(H,22,23,26). The maximum Gasteiger partial charge on any atom is 0.352 e. The van der Waals surface area contributed by atoms with E-state index < -0.39 is 24.5 Å². The number of aromatic amines is 1. The summed E-state index contributed by atoms with van der Waals surface area (Å²) in [6.45, 7) is -0.342. The first-order valence-corrected chi connectivity index (χ1v) is 8.84. The van der Waals surface area contributed by atoms with E-state index in [2.05, 4.69) is 15.1 Å². The van der Waals surface area contributed by atoms with E-state index in [0.29, 0.717) is 29.8 Å². The number of H-pyrrole nitrogens is 1. The fourth-order valence-corrected chi connectivity index (χ4v) is 3.22. The number of alkyl halides is 2. The second kappa shape index (κ2) is 7.63. The van der Waals surface area contributed by atoms with Gasteiger partial charge in [0.05, 0.1) is 5.56 Å². The summed E-state index contributed by atoms with van der Waals surface area (Å²) in [5, 5.41) is 4.36. The molecule has 1 aliphatic heterocycles. The molecule has 0 spiro atoms. The Morgan fingerprint density at radius 2 is 2.07 bits per heavy atom. The van der Waals surface area contributed by atoms with E-state index in [1.807, 2.05) is 0 Å². The lowest BCUT2D eigenvalue weighted by Gasteiger charge is -2.21. The van der Waals surface area contributed by atoms with Crippen LogP contribution in [-0.4, -0.2) is 39.2 Å². The highest BCUT2D eigenvalue weighted by atomic mass is 19.3. The Morgan fingerprint density at radius 3 is 2.75 bits per heavy atom. The van der Waals surface area contributed by atoms with Gasteiger partial charge < -0.3 is 9.47 Å². The van der Waals surface area contributed by atoms with Crippen LogP contribution in [0.3, 0.4) is 0 Å². The molecule has 0 bridgehead atoms. The molecule has 1 unspecified atom stereocenters. The Balaban J connectivity index is 1.89. The van der Waals surface area contributed by atoms with E-state index in [1.54, 1.807) is 12.1 Å². The zero-order valence-corrected chi connectivity index (χ0v) is 14.7. The van der Waals surface area contributed by atoms with Crippen molar-refractivity contribution in [3.8, 4) is 17.1 Å². The van der Waals surface area contributed by atoms with Crippen LogP contribution in [0.2, 0.25) is 0 Å². The van der Waals surface area contributed by atoms with Crippen LogP contribution in [0.25, 0.3) is 16.8 Å². The number of benzene rings is 1. The largest absolute Gasteiger partial charge is 0.459 e. The van der Waals surface area contributed by atoms with E-state index >= 15 is 0 Å². The summed E-state index contributed by atoms with van der Waals surface area (Å²) in [6, 6.07) is 5.32. The fraction of sp³-hybridized carbons (Fsp3) is 0.389. The molecule has 1 N–H and O–H groups in total. The Hall–Kier alpha value is -2.88. The van der Waals surface area contributed by atoms with E-state index in [0.717, 1.165) is 17.4 Å². The Morgan fingerprint density at radius 1 is 1.29 bits per heavy atom. The molecule has 7 nitrogen and oxygen atoms in total. The first kappa shape index (κ1) is 18.5. The number of halogens is 3.